The van der Waals surface area contributed by atoms with Crippen LogP contribution in [0.2, 0.25) is 0 Å². The summed E-state index contributed by atoms with van der Waals surface area (Å²) < 4.78 is 27.9. The van der Waals surface area contributed by atoms with Crippen molar-refractivity contribution in [1.82, 2.24) is 14.5 Å². The molecule has 0 saturated carbocycles. The molecule has 3 rings (SSSR count). The Morgan fingerprint density at radius 3 is 2.42 bits per heavy atom. The second-order valence-electron chi connectivity index (χ2n) is 7.58. The standard InChI is InChI=1S/C22H28BrN3O3S.ClH/c1-24-30(28,29)21-15-19(23)11-10-18(21)14-22(27)25(2)20(16-26-12-6-7-13-26)17-8-4-3-5-9-17;/h3-5,8-11,15,20,24H,6-7,12-14,16H2,1-2H3;1H/t20-;/m1./s1. The van der Waals surface area contributed by atoms with Gasteiger partial charge < -0.3 is 9.80 Å². The number of benzene rings is 2. The lowest BCUT2D eigenvalue weighted by atomic mass is 10.0. The van der Waals surface area contributed by atoms with E-state index in [0.717, 1.165) is 25.2 Å². The number of nitrogens with one attached hydrogen (secondary N) is 1. The summed E-state index contributed by atoms with van der Waals surface area (Å²) in [4.78, 5) is 17.5. The van der Waals surface area contributed by atoms with Crippen molar-refractivity contribution in [3.63, 3.8) is 0 Å². The van der Waals surface area contributed by atoms with Gasteiger partial charge in [0.05, 0.1) is 17.4 Å². The molecule has 1 atom stereocenters. The van der Waals surface area contributed by atoms with Crippen molar-refractivity contribution < 1.29 is 13.2 Å². The van der Waals surface area contributed by atoms with Gasteiger partial charge in [-0.25, -0.2) is 13.1 Å². The Balaban J connectivity index is 0.00000341. The predicted molar refractivity (Wildman–Crippen MR) is 129 cm³/mol. The maximum absolute atomic E-state index is 13.2. The number of likely N-dealkylation sites (N-methyl/N-ethyl adjacent to an activating group) is 1. The first-order valence-corrected chi connectivity index (χ1v) is 12.3. The van der Waals surface area contributed by atoms with Gasteiger partial charge in [0.2, 0.25) is 15.9 Å². The number of nitrogens with zero attached hydrogens (tertiary/aromatic N) is 2. The quantitative estimate of drug-likeness (QED) is 0.566. The fourth-order valence-corrected chi connectivity index (χ4v) is 5.33. The maximum atomic E-state index is 13.2. The third-order valence-electron chi connectivity index (χ3n) is 5.60. The highest BCUT2D eigenvalue weighted by molar-refractivity contribution is 9.10. The largest absolute Gasteiger partial charge is 0.337 e. The van der Waals surface area contributed by atoms with Crippen LogP contribution in [0.5, 0.6) is 0 Å². The molecule has 1 aliphatic rings. The van der Waals surface area contributed by atoms with Gasteiger partial charge in [-0.05, 0) is 56.2 Å². The second-order valence-corrected chi connectivity index (χ2v) is 10.3. The molecule has 1 saturated heterocycles. The van der Waals surface area contributed by atoms with E-state index < -0.39 is 10.0 Å². The van der Waals surface area contributed by atoms with Gasteiger partial charge in [0.1, 0.15) is 0 Å². The molecule has 1 aliphatic heterocycles. The van der Waals surface area contributed by atoms with Gasteiger partial charge in [-0.15, -0.1) is 12.4 Å². The summed E-state index contributed by atoms with van der Waals surface area (Å²) in [6.07, 6.45) is 2.38. The van der Waals surface area contributed by atoms with Gasteiger partial charge >= 0.3 is 0 Å². The molecule has 6 nitrogen and oxygen atoms in total. The topological polar surface area (TPSA) is 69.7 Å². The molecule has 0 radical (unpaired) electrons. The van der Waals surface area contributed by atoms with Crippen LogP contribution in [0.15, 0.2) is 57.9 Å². The zero-order chi connectivity index (χ0) is 21.7. The molecule has 0 bridgehead atoms. The van der Waals surface area contributed by atoms with Gasteiger partial charge in [-0.3, -0.25) is 4.79 Å². The van der Waals surface area contributed by atoms with E-state index >= 15 is 0 Å². The number of carbonyl (C=O) groups excluding carboxylic acids is 1. The molecule has 2 aromatic carbocycles. The van der Waals surface area contributed by atoms with Gasteiger partial charge in [0.15, 0.2) is 0 Å². The Labute approximate surface area is 199 Å². The molecule has 0 aromatic heterocycles. The summed E-state index contributed by atoms with van der Waals surface area (Å²) in [7, 11) is -0.495. The lowest BCUT2D eigenvalue weighted by Gasteiger charge is -2.32. The molecule has 9 heteroatoms. The molecule has 1 fully saturated rings. The SMILES string of the molecule is CNS(=O)(=O)c1cc(Br)ccc1CC(=O)N(C)[C@H](CN1CCCC1)c1ccccc1.Cl. The first-order chi connectivity index (χ1) is 14.3. The average molecular weight is 531 g/mol. The van der Waals surface area contributed by atoms with Gasteiger partial charge in [-0.1, -0.05) is 52.3 Å². The monoisotopic (exact) mass is 529 g/mol. The lowest BCUT2D eigenvalue weighted by molar-refractivity contribution is -0.131. The fourth-order valence-electron chi connectivity index (χ4n) is 3.83. The summed E-state index contributed by atoms with van der Waals surface area (Å²) in [5.74, 6) is -0.113. The fraction of sp³-hybridized carbons (Fsp3) is 0.409. The molecular weight excluding hydrogens is 502 g/mol. The Morgan fingerprint density at radius 2 is 1.81 bits per heavy atom. The van der Waals surface area contributed by atoms with Crippen LogP contribution in [0.1, 0.15) is 30.0 Å². The smallest absolute Gasteiger partial charge is 0.240 e. The van der Waals surface area contributed by atoms with E-state index in [0.29, 0.717) is 10.0 Å². The highest BCUT2D eigenvalue weighted by atomic mass is 79.9. The molecule has 2 aromatic rings. The van der Waals surface area contributed by atoms with Crippen LogP contribution < -0.4 is 4.72 Å². The first kappa shape index (κ1) is 25.8. The van der Waals surface area contributed by atoms with E-state index in [1.54, 1.807) is 24.1 Å². The van der Waals surface area contributed by atoms with Crippen LogP contribution in [-0.4, -0.2) is 57.9 Å². The minimum absolute atomic E-state index is 0. The van der Waals surface area contributed by atoms with Crippen LogP contribution in [-0.2, 0) is 21.2 Å². The number of rotatable bonds is 8. The van der Waals surface area contributed by atoms with Gasteiger partial charge in [-0.2, -0.15) is 0 Å². The third kappa shape index (κ3) is 6.52. The van der Waals surface area contributed by atoms with E-state index in [2.05, 4.69) is 25.6 Å². The average Bonchev–Trinajstić information content (AvgIpc) is 3.26. The zero-order valence-electron chi connectivity index (χ0n) is 17.8. The van der Waals surface area contributed by atoms with Crippen LogP contribution in [0.25, 0.3) is 0 Å². The van der Waals surface area contributed by atoms with Crippen molar-refractivity contribution in [2.45, 2.75) is 30.2 Å². The second kappa shape index (κ2) is 11.4. The van der Waals surface area contributed by atoms with Crippen molar-refractivity contribution in [2.75, 3.05) is 33.7 Å². The first-order valence-electron chi connectivity index (χ1n) is 10.1. The highest BCUT2D eigenvalue weighted by Gasteiger charge is 2.27. The minimum atomic E-state index is -3.67. The van der Waals surface area contributed by atoms with E-state index in [9.17, 15) is 13.2 Å². The molecule has 0 spiro atoms. The van der Waals surface area contributed by atoms with Crippen molar-refractivity contribution in [1.29, 1.82) is 0 Å². The van der Waals surface area contributed by atoms with Gasteiger partial charge in [0.25, 0.3) is 0 Å². The summed E-state index contributed by atoms with van der Waals surface area (Å²) in [5, 5.41) is 0. The summed E-state index contributed by atoms with van der Waals surface area (Å²) in [5.41, 5.74) is 1.57. The molecule has 0 aliphatic carbocycles. The third-order valence-corrected chi connectivity index (χ3v) is 7.59. The molecule has 31 heavy (non-hydrogen) atoms. The number of hydrogen-bond donors (Lipinski definition) is 1. The summed E-state index contributed by atoms with van der Waals surface area (Å²) in [6, 6.07) is 14.9. The Hall–Kier alpha value is -1.45. The van der Waals surface area contributed by atoms with Crippen LogP contribution in [0.3, 0.4) is 0 Å². The van der Waals surface area contributed by atoms with Crippen LogP contribution in [0, 0.1) is 0 Å². The van der Waals surface area contributed by atoms with E-state index in [-0.39, 0.29) is 35.7 Å². The van der Waals surface area contributed by atoms with Crippen LogP contribution in [0.4, 0.5) is 0 Å². The zero-order valence-corrected chi connectivity index (χ0v) is 21.0. The molecular formula is C22H29BrClN3O3S. The summed E-state index contributed by atoms with van der Waals surface area (Å²) >= 11 is 3.32. The van der Waals surface area contributed by atoms with Crippen molar-refractivity contribution in [3.05, 3.63) is 64.1 Å². The number of sulfonamides is 1. The minimum Gasteiger partial charge on any atom is -0.337 e. The predicted octanol–water partition coefficient (Wildman–Crippen LogP) is 3.62. The number of carbonyl (C=O) groups is 1. The maximum Gasteiger partial charge on any atom is 0.240 e. The van der Waals surface area contributed by atoms with E-state index in [1.807, 2.05) is 30.3 Å². The number of halogens is 2. The Bertz CT molecular complexity index is 983. The molecule has 1 amide bonds. The molecule has 1 N–H and O–H groups in total. The van der Waals surface area contributed by atoms with E-state index in [1.165, 1.54) is 26.0 Å². The Morgan fingerprint density at radius 1 is 1.16 bits per heavy atom. The van der Waals surface area contributed by atoms with E-state index in [4.69, 9.17) is 0 Å². The number of amides is 1. The Kier molecular flexibility index (Phi) is 9.51. The normalized spacial score (nSPS) is 15.3. The molecule has 1 heterocycles. The molecule has 170 valence electrons. The lowest BCUT2D eigenvalue weighted by Crippen LogP contribution is -2.39. The highest BCUT2D eigenvalue weighted by Crippen LogP contribution is 2.26. The number of likely N-dealkylation sites (tertiary alicyclic amines) is 1. The van der Waals surface area contributed by atoms with Gasteiger partial charge in [0, 0.05) is 18.1 Å². The van der Waals surface area contributed by atoms with Crippen molar-refractivity contribution in [2.24, 2.45) is 0 Å². The van der Waals surface area contributed by atoms with Crippen molar-refractivity contribution >= 4 is 44.3 Å². The molecule has 0 unspecified atom stereocenters. The number of hydrogen-bond acceptors (Lipinski definition) is 4. The summed E-state index contributed by atoms with van der Waals surface area (Å²) in [6.45, 7) is 2.86. The van der Waals surface area contributed by atoms with Crippen molar-refractivity contribution in [3.8, 4) is 0 Å². The van der Waals surface area contributed by atoms with Crippen LogP contribution >= 0.6 is 28.3 Å².